The van der Waals surface area contributed by atoms with Crippen LogP contribution in [-0.4, -0.2) is 41.2 Å². The summed E-state index contributed by atoms with van der Waals surface area (Å²) in [5.41, 5.74) is 5.37. The average molecular weight is 403 g/mol. The largest absolute Gasteiger partial charge is 0.486 e. The second kappa shape index (κ2) is 6.21. The monoisotopic (exact) mass is 402 g/mol. The number of nitrogens with two attached hydrogens (primary N) is 1. The van der Waals surface area contributed by atoms with Gasteiger partial charge in [0.2, 0.25) is 11.8 Å². The van der Waals surface area contributed by atoms with Crippen molar-refractivity contribution < 1.29 is 19.1 Å². The number of primary amides is 1. The Hall–Kier alpha value is -2.08. The first-order valence-electron chi connectivity index (χ1n) is 9.99. The van der Waals surface area contributed by atoms with Gasteiger partial charge in [-0.25, -0.2) is 0 Å². The first kappa shape index (κ1) is 18.0. The number of Topliss-reactive ketones (excluding diaryl/α,β-unsaturated/α-hetero) is 1. The highest BCUT2D eigenvalue weighted by Gasteiger charge is 2.71. The fourth-order valence-corrected chi connectivity index (χ4v) is 5.89. The molecule has 28 heavy (non-hydrogen) atoms. The number of benzene rings is 1. The normalized spacial score (nSPS) is 34.0. The molecule has 2 saturated carbocycles. The average Bonchev–Trinajstić information content (AvgIpc) is 3.32. The summed E-state index contributed by atoms with van der Waals surface area (Å²) in [6.45, 7) is 1.16. The third kappa shape index (κ3) is 2.65. The summed E-state index contributed by atoms with van der Waals surface area (Å²) in [5.74, 6) is 0.700. The molecule has 1 aromatic rings. The standard InChI is InChI=1S/C21H23ClN2O4/c22-12-1-2-16-14(9-12)15(25)10-21(28-16)6-3-13-17(18(13)21)20(27)24-7-4-11(5-8-24)19(23)26/h1-2,9,11,13,17-18H,3-8,10H2,(H2,23,26). The van der Waals surface area contributed by atoms with E-state index in [1.54, 1.807) is 18.2 Å². The fourth-order valence-electron chi connectivity index (χ4n) is 5.72. The summed E-state index contributed by atoms with van der Waals surface area (Å²) in [6.07, 6.45) is 3.31. The number of ether oxygens (including phenoxy) is 1. The number of halogens is 1. The molecule has 2 N–H and O–H groups in total. The molecule has 148 valence electrons. The van der Waals surface area contributed by atoms with Crippen LogP contribution in [0.25, 0.3) is 0 Å². The van der Waals surface area contributed by atoms with Gasteiger partial charge in [0.15, 0.2) is 5.78 Å². The number of hydrogen-bond acceptors (Lipinski definition) is 4. The zero-order valence-corrected chi connectivity index (χ0v) is 16.3. The van der Waals surface area contributed by atoms with E-state index in [0.717, 1.165) is 12.8 Å². The highest BCUT2D eigenvalue weighted by atomic mass is 35.5. The van der Waals surface area contributed by atoms with Crippen LogP contribution in [0.5, 0.6) is 5.75 Å². The molecule has 1 spiro atoms. The molecule has 2 amide bonds. The van der Waals surface area contributed by atoms with E-state index in [0.29, 0.717) is 54.6 Å². The second-order valence-electron chi connectivity index (χ2n) is 8.66. The van der Waals surface area contributed by atoms with Crippen molar-refractivity contribution in [3.8, 4) is 5.75 Å². The summed E-state index contributed by atoms with van der Waals surface area (Å²) < 4.78 is 6.36. The molecule has 4 aliphatic rings. The Labute approximate surface area is 168 Å². The van der Waals surface area contributed by atoms with Crippen molar-refractivity contribution >= 4 is 29.2 Å². The molecule has 6 nitrogen and oxygen atoms in total. The van der Waals surface area contributed by atoms with E-state index in [4.69, 9.17) is 22.1 Å². The van der Waals surface area contributed by atoms with Crippen LogP contribution in [0.1, 0.15) is 42.5 Å². The van der Waals surface area contributed by atoms with Crippen molar-refractivity contribution in [2.24, 2.45) is 29.4 Å². The molecule has 4 atom stereocenters. The predicted octanol–water partition coefficient (Wildman–Crippen LogP) is 2.42. The summed E-state index contributed by atoms with van der Waals surface area (Å²) in [4.78, 5) is 39.1. The molecule has 7 heteroatoms. The second-order valence-corrected chi connectivity index (χ2v) is 9.10. The number of carbonyl (C=O) groups excluding carboxylic acids is 3. The number of ketones is 1. The van der Waals surface area contributed by atoms with Crippen molar-refractivity contribution in [3.63, 3.8) is 0 Å². The van der Waals surface area contributed by atoms with E-state index in [2.05, 4.69) is 0 Å². The zero-order chi connectivity index (χ0) is 19.6. The van der Waals surface area contributed by atoms with Crippen molar-refractivity contribution in [1.29, 1.82) is 0 Å². The van der Waals surface area contributed by atoms with Gasteiger partial charge in [-0.05, 0) is 49.8 Å². The van der Waals surface area contributed by atoms with E-state index in [1.165, 1.54) is 0 Å². The number of rotatable bonds is 2. The molecule has 0 radical (unpaired) electrons. The van der Waals surface area contributed by atoms with Crippen LogP contribution < -0.4 is 10.5 Å². The molecule has 2 heterocycles. The maximum absolute atomic E-state index is 13.1. The molecule has 2 aliphatic heterocycles. The lowest BCUT2D eigenvalue weighted by molar-refractivity contribution is -0.137. The van der Waals surface area contributed by atoms with Gasteiger partial charge in [0.05, 0.1) is 12.0 Å². The smallest absolute Gasteiger partial charge is 0.226 e. The molecule has 2 aliphatic carbocycles. The third-order valence-corrected chi connectivity index (χ3v) is 7.42. The quantitative estimate of drug-likeness (QED) is 0.822. The Kier molecular flexibility index (Phi) is 3.99. The van der Waals surface area contributed by atoms with Gasteiger partial charge >= 0.3 is 0 Å². The Balaban J connectivity index is 1.32. The molecule has 1 saturated heterocycles. The Morgan fingerprint density at radius 2 is 1.96 bits per heavy atom. The highest BCUT2D eigenvalue weighted by Crippen LogP contribution is 2.66. The van der Waals surface area contributed by atoms with Crippen molar-refractivity contribution in [3.05, 3.63) is 28.8 Å². The van der Waals surface area contributed by atoms with Gasteiger partial charge in [0.25, 0.3) is 0 Å². The summed E-state index contributed by atoms with van der Waals surface area (Å²) >= 11 is 6.02. The Morgan fingerprint density at radius 1 is 1.21 bits per heavy atom. The molecule has 0 bridgehead atoms. The first-order valence-corrected chi connectivity index (χ1v) is 10.4. The van der Waals surface area contributed by atoms with Crippen LogP contribution in [0.4, 0.5) is 0 Å². The van der Waals surface area contributed by atoms with E-state index in [1.807, 2.05) is 4.90 Å². The lowest BCUT2D eigenvalue weighted by atomic mass is 9.84. The molecular weight excluding hydrogens is 380 g/mol. The number of piperidine rings is 1. The van der Waals surface area contributed by atoms with Gasteiger partial charge in [-0.3, -0.25) is 14.4 Å². The molecule has 1 aromatic carbocycles. The number of hydrogen-bond donors (Lipinski definition) is 1. The molecule has 5 rings (SSSR count). The van der Waals surface area contributed by atoms with Crippen LogP contribution >= 0.6 is 11.6 Å². The van der Waals surface area contributed by atoms with Gasteiger partial charge in [-0.15, -0.1) is 0 Å². The van der Waals surface area contributed by atoms with Gasteiger partial charge in [0.1, 0.15) is 11.4 Å². The topological polar surface area (TPSA) is 89.7 Å². The van der Waals surface area contributed by atoms with E-state index in [-0.39, 0.29) is 35.4 Å². The SMILES string of the molecule is NC(=O)C1CCN(C(=O)C2C3CCC4(CC(=O)c5cc(Cl)ccc5O4)C32)CC1. The number of nitrogens with zero attached hydrogens (tertiary/aromatic N) is 1. The van der Waals surface area contributed by atoms with Crippen molar-refractivity contribution in [1.82, 2.24) is 4.90 Å². The van der Waals surface area contributed by atoms with Gasteiger partial charge in [-0.2, -0.15) is 0 Å². The third-order valence-electron chi connectivity index (χ3n) is 7.19. The Bertz CT molecular complexity index is 879. The molecule has 4 unspecified atom stereocenters. The summed E-state index contributed by atoms with van der Waals surface area (Å²) in [5, 5.41) is 0.523. The van der Waals surface area contributed by atoms with Gasteiger partial charge in [0, 0.05) is 35.9 Å². The zero-order valence-electron chi connectivity index (χ0n) is 15.5. The predicted molar refractivity (Wildman–Crippen MR) is 102 cm³/mol. The lowest BCUT2D eigenvalue weighted by Gasteiger charge is -2.38. The highest BCUT2D eigenvalue weighted by molar-refractivity contribution is 6.31. The minimum Gasteiger partial charge on any atom is -0.486 e. The molecule has 3 fully saturated rings. The minimum atomic E-state index is -0.561. The van der Waals surface area contributed by atoms with Gasteiger partial charge in [-0.1, -0.05) is 11.6 Å². The van der Waals surface area contributed by atoms with Crippen LogP contribution in [0.3, 0.4) is 0 Å². The summed E-state index contributed by atoms with van der Waals surface area (Å²) in [7, 11) is 0. The van der Waals surface area contributed by atoms with Crippen molar-refractivity contribution in [2.45, 2.75) is 37.7 Å². The maximum atomic E-state index is 13.1. The fraction of sp³-hybridized carbons (Fsp3) is 0.571. The Morgan fingerprint density at radius 3 is 2.68 bits per heavy atom. The van der Waals surface area contributed by atoms with Gasteiger partial charge < -0.3 is 15.4 Å². The van der Waals surface area contributed by atoms with Crippen LogP contribution in [-0.2, 0) is 9.59 Å². The van der Waals surface area contributed by atoms with Crippen LogP contribution in [0, 0.1) is 23.7 Å². The van der Waals surface area contributed by atoms with E-state index < -0.39 is 5.60 Å². The first-order chi connectivity index (χ1) is 13.4. The molecule has 0 aromatic heterocycles. The van der Waals surface area contributed by atoms with E-state index >= 15 is 0 Å². The van der Waals surface area contributed by atoms with Crippen LogP contribution in [0.2, 0.25) is 5.02 Å². The van der Waals surface area contributed by atoms with Crippen LogP contribution in [0.15, 0.2) is 18.2 Å². The number of amides is 2. The van der Waals surface area contributed by atoms with Crippen molar-refractivity contribution in [2.75, 3.05) is 13.1 Å². The lowest BCUT2D eigenvalue weighted by Crippen LogP contribution is -2.46. The number of carbonyl (C=O) groups is 3. The molecular formula is C21H23ClN2O4. The minimum absolute atomic E-state index is 0.0461. The number of likely N-dealkylation sites (tertiary alicyclic amines) is 1. The maximum Gasteiger partial charge on any atom is 0.226 e. The summed E-state index contributed by atoms with van der Waals surface area (Å²) in [6, 6.07) is 5.16. The van der Waals surface area contributed by atoms with E-state index in [9.17, 15) is 14.4 Å². The number of fused-ring (bicyclic) bond motifs is 3.